The molecule has 0 saturated carbocycles. The summed E-state index contributed by atoms with van der Waals surface area (Å²) >= 11 is 3.54. The number of fused-ring (bicyclic) bond motifs is 2. The average molecular weight is 509 g/mol. The number of carbonyl (C=O) groups is 1. The highest BCUT2D eigenvalue weighted by Crippen LogP contribution is 2.29. The number of hydrogen-bond donors (Lipinski definition) is 0. The van der Waals surface area contributed by atoms with Gasteiger partial charge >= 0.3 is 0 Å². The maximum Gasteiger partial charge on any atom is 0.254 e. The summed E-state index contributed by atoms with van der Waals surface area (Å²) < 4.78 is 0. The molecule has 2 atom stereocenters. The minimum atomic E-state index is 0.173. The fraction of sp³-hybridized carbons (Fsp3) is 0.536. The van der Waals surface area contributed by atoms with E-state index in [0.29, 0.717) is 6.04 Å². The lowest BCUT2D eigenvalue weighted by atomic mass is 9.95. The van der Waals surface area contributed by atoms with Crippen molar-refractivity contribution in [3.63, 3.8) is 0 Å². The fourth-order valence-corrected chi connectivity index (χ4v) is 7.44. The molecule has 1 aromatic carbocycles. The molecule has 2 aromatic heterocycles. The molecule has 2 aliphatic carbocycles. The van der Waals surface area contributed by atoms with E-state index in [1.54, 1.807) is 11.3 Å². The number of benzene rings is 1. The van der Waals surface area contributed by atoms with Crippen molar-refractivity contribution in [2.24, 2.45) is 0 Å². The quantitative estimate of drug-likeness (QED) is 0.368. The predicted molar refractivity (Wildman–Crippen MR) is 144 cm³/mol. The van der Waals surface area contributed by atoms with Crippen molar-refractivity contribution in [1.82, 2.24) is 19.8 Å². The van der Waals surface area contributed by atoms with E-state index in [2.05, 4.69) is 45.7 Å². The summed E-state index contributed by atoms with van der Waals surface area (Å²) in [4.78, 5) is 30.2. The van der Waals surface area contributed by atoms with Crippen LogP contribution in [0.4, 0.5) is 0 Å². The Bertz CT molecular complexity index is 1120. The first kappa shape index (κ1) is 24.6. The third-order valence-corrected chi connectivity index (χ3v) is 9.30. The van der Waals surface area contributed by atoms with E-state index < -0.39 is 0 Å². The second-order valence-corrected chi connectivity index (χ2v) is 11.8. The Hall–Kier alpha value is -2.09. The van der Waals surface area contributed by atoms with Crippen LogP contribution >= 0.6 is 22.7 Å². The van der Waals surface area contributed by atoms with Gasteiger partial charge in [-0.3, -0.25) is 9.69 Å². The molecule has 3 aromatic rings. The summed E-state index contributed by atoms with van der Waals surface area (Å²) in [6.45, 7) is 7.28. The molecule has 186 valence electrons. The smallest absolute Gasteiger partial charge is 0.254 e. The van der Waals surface area contributed by atoms with Gasteiger partial charge in [0.15, 0.2) is 0 Å². The van der Waals surface area contributed by atoms with E-state index in [4.69, 9.17) is 0 Å². The van der Waals surface area contributed by atoms with Gasteiger partial charge in [-0.05, 0) is 69.2 Å². The van der Waals surface area contributed by atoms with Crippen LogP contribution in [0.1, 0.15) is 76.6 Å². The number of carbonyl (C=O) groups excluding carboxylic acids is 1. The summed E-state index contributed by atoms with van der Waals surface area (Å²) in [6.07, 6.45) is 8.45. The fourth-order valence-electron chi connectivity index (χ4n) is 5.67. The number of rotatable bonds is 9. The van der Waals surface area contributed by atoms with E-state index >= 15 is 0 Å². The molecule has 0 spiro atoms. The zero-order valence-electron chi connectivity index (χ0n) is 20.9. The molecule has 5 nitrogen and oxygen atoms in total. The van der Waals surface area contributed by atoms with Crippen LogP contribution in [0.3, 0.4) is 0 Å². The van der Waals surface area contributed by atoms with Crippen molar-refractivity contribution >= 4 is 28.6 Å². The molecular weight excluding hydrogens is 472 g/mol. The van der Waals surface area contributed by atoms with Gasteiger partial charge in [0.05, 0.1) is 22.4 Å². The molecule has 0 bridgehead atoms. The highest BCUT2D eigenvalue weighted by atomic mass is 32.1. The molecule has 0 saturated heterocycles. The van der Waals surface area contributed by atoms with Crippen LogP contribution in [-0.2, 0) is 32.2 Å². The standard InChI is InChI=1S/C28H36N4OS2/c1-3-13-31(22-9-11-24-26(15-22)34-18-29-24)17-20-5-7-21(8-6-20)28(33)32(14-4-2)23-10-12-25-27(16-23)35-19-30-25/h5-8,18-19,22-23H,3-4,9-17H2,1-2H3. The summed E-state index contributed by atoms with van der Waals surface area (Å²) in [5.41, 5.74) is 8.60. The average Bonchev–Trinajstić information content (AvgIpc) is 3.55. The topological polar surface area (TPSA) is 49.3 Å². The van der Waals surface area contributed by atoms with Gasteiger partial charge in [-0.1, -0.05) is 26.0 Å². The normalized spacial score (nSPS) is 19.4. The summed E-state index contributed by atoms with van der Waals surface area (Å²) in [5, 5.41) is 0. The largest absolute Gasteiger partial charge is 0.335 e. The first-order valence-electron chi connectivity index (χ1n) is 13.1. The summed E-state index contributed by atoms with van der Waals surface area (Å²) in [7, 11) is 0. The van der Waals surface area contributed by atoms with Gasteiger partial charge in [0.25, 0.3) is 5.91 Å². The van der Waals surface area contributed by atoms with E-state index in [9.17, 15) is 4.79 Å². The van der Waals surface area contributed by atoms with Gasteiger partial charge in [0.1, 0.15) is 0 Å². The maximum absolute atomic E-state index is 13.6. The molecule has 0 aliphatic heterocycles. The first-order valence-corrected chi connectivity index (χ1v) is 14.9. The number of thiazole rings is 2. The Kier molecular flexibility index (Phi) is 7.95. The van der Waals surface area contributed by atoms with Crippen molar-refractivity contribution in [2.45, 2.75) is 83.8 Å². The third kappa shape index (κ3) is 5.52. The second kappa shape index (κ2) is 11.3. The highest BCUT2D eigenvalue weighted by molar-refractivity contribution is 7.10. The van der Waals surface area contributed by atoms with Gasteiger partial charge in [0.2, 0.25) is 0 Å². The lowest BCUT2D eigenvalue weighted by Crippen LogP contribution is -2.43. The maximum atomic E-state index is 13.6. The van der Waals surface area contributed by atoms with Crippen LogP contribution in [0.15, 0.2) is 35.3 Å². The molecule has 5 rings (SSSR count). The number of hydrogen-bond acceptors (Lipinski definition) is 6. The van der Waals surface area contributed by atoms with Crippen LogP contribution in [-0.4, -0.2) is 50.8 Å². The number of aryl methyl sites for hydroxylation is 2. The molecule has 1 amide bonds. The molecule has 2 unspecified atom stereocenters. The Morgan fingerprint density at radius 3 is 2.11 bits per heavy atom. The van der Waals surface area contributed by atoms with Gasteiger partial charge in [0, 0.05) is 46.9 Å². The Morgan fingerprint density at radius 2 is 1.49 bits per heavy atom. The second-order valence-electron chi connectivity index (χ2n) is 9.90. The number of amides is 1. The molecule has 2 aliphatic rings. The zero-order chi connectivity index (χ0) is 24.2. The lowest BCUT2D eigenvalue weighted by Gasteiger charge is -2.34. The van der Waals surface area contributed by atoms with E-state index in [1.165, 1.54) is 33.1 Å². The molecular formula is C28H36N4OS2. The predicted octanol–water partition coefficient (Wildman–Crippen LogP) is 5.78. The van der Waals surface area contributed by atoms with Crippen LogP contribution < -0.4 is 0 Å². The van der Waals surface area contributed by atoms with Crippen molar-refractivity contribution < 1.29 is 4.79 Å². The molecule has 0 radical (unpaired) electrons. The van der Waals surface area contributed by atoms with Crippen molar-refractivity contribution in [3.8, 4) is 0 Å². The zero-order valence-corrected chi connectivity index (χ0v) is 22.5. The molecule has 2 heterocycles. The van der Waals surface area contributed by atoms with Crippen molar-refractivity contribution in [3.05, 3.63) is 67.6 Å². The van der Waals surface area contributed by atoms with Crippen LogP contribution in [0.2, 0.25) is 0 Å². The minimum Gasteiger partial charge on any atom is -0.335 e. The molecule has 7 heteroatoms. The summed E-state index contributed by atoms with van der Waals surface area (Å²) in [5.74, 6) is 0.173. The SMILES string of the molecule is CCCN(Cc1ccc(C(=O)N(CCC)C2CCc3ncsc3C2)cc1)C1CCc2ncsc2C1. The molecule has 35 heavy (non-hydrogen) atoms. The summed E-state index contributed by atoms with van der Waals surface area (Å²) in [6, 6.07) is 9.29. The van der Waals surface area contributed by atoms with E-state index in [-0.39, 0.29) is 11.9 Å². The molecule has 0 fully saturated rings. The van der Waals surface area contributed by atoms with Crippen LogP contribution in [0, 0.1) is 0 Å². The first-order chi connectivity index (χ1) is 17.2. The third-order valence-electron chi connectivity index (χ3n) is 7.50. The lowest BCUT2D eigenvalue weighted by molar-refractivity contribution is 0.0662. The highest BCUT2D eigenvalue weighted by Gasteiger charge is 2.29. The van der Waals surface area contributed by atoms with Gasteiger partial charge < -0.3 is 4.90 Å². The van der Waals surface area contributed by atoms with E-state index in [1.807, 2.05) is 34.5 Å². The minimum absolute atomic E-state index is 0.173. The van der Waals surface area contributed by atoms with Gasteiger partial charge in [-0.15, -0.1) is 22.7 Å². The van der Waals surface area contributed by atoms with Crippen molar-refractivity contribution in [1.29, 1.82) is 0 Å². The van der Waals surface area contributed by atoms with Crippen LogP contribution in [0.5, 0.6) is 0 Å². The Morgan fingerprint density at radius 1 is 0.886 bits per heavy atom. The molecule has 0 N–H and O–H groups in total. The van der Waals surface area contributed by atoms with E-state index in [0.717, 1.165) is 70.1 Å². The van der Waals surface area contributed by atoms with Gasteiger partial charge in [-0.2, -0.15) is 0 Å². The van der Waals surface area contributed by atoms with Crippen LogP contribution in [0.25, 0.3) is 0 Å². The van der Waals surface area contributed by atoms with Gasteiger partial charge in [-0.25, -0.2) is 9.97 Å². The number of nitrogens with zero attached hydrogens (tertiary/aromatic N) is 4. The van der Waals surface area contributed by atoms with Crippen molar-refractivity contribution in [2.75, 3.05) is 13.1 Å². The monoisotopic (exact) mass is 508 g/mol. The Balaban J connectivity index is 1.26. The Labute approximate surface area is 217 Å². The number of aromatic nitrogens is 2.